The van der Waals surface area contributed by atoms with Gasteiger partial charge in [0.2, 0.25) is 0 Å². The maximum Gasteiger partial charge on any atom is 0.338 e. The lowest BCUT2D eigenvalue weighted by atomic mass is 10.0. The fourth-order valence-electron chi connectivity index (χ4n) is 1.95. The molecule has 0 aliphatic carbocycles. The van der Waals surface area contributed by atoms with Crippen molar-refractivity contribution in [2.45, 2.75) is 6.92 Å². The third kappa shape index (κ3) is 3.89. The van der Waals surface area contributed by atoms with Gasteiger partial charge in [-0.15, -0.1) is 0 Å². The van der Waals surface area contributed by atoms with Gasteiger partial charge in [0.1, 0.15) is 0 Å². The van der Waals surface area contributed by atoms with Crippen LogP contribution in [-0.2, 0) is 9.53 Å². The molecule has 0 bridgehead atoms. The van der Waals surface area contributed by atoms with Crippen LogP contribution in [0.15, 0.2) is 54.6 Å². The van der Waals surface area contributed by atoms with Gasteiger partial charge in [0.25, 0.3) is 0 Å². The van der Waals surface area contributed by atoms with E-state index in [2.05, 4.69) is 0 Å². The van der Waals surface area contributed by atoms with E-state index < -0.39 is 0 Å². The van der Waals surface area contributed by atoms with Crippen LogP contribution in [0, 0.1) is 0 Å². The topological polar surface area (TPSA) is 43.4 Å². The first-order chi connectivity index (χ1) is 10.2. The molecular formula is C18H16O3. The molecule has 3 nitrogen and oxygen atoms in total. The summed E-state index contributed by atoms with van der Waals surface area (Å²) in [6.07, 6.45) is 2.58. The third-order valence-corrected chi connectivity index (χ3v) is 2.96. The fourth-order valence-corrected chi connectivity index (χ4v) is 1.95. The van der Waals surface area contributed by atoms with Gasteiger partial charge in [0.05, 0.1) is 12.2 Å². The van der Waals surface area contributed by atoms with Crippen LogP contribution in [0.25, 0.3) is 11.6 Å². The third-order valence-electron chi connectivity index (χ3n) is 2.96. The number of carbonyl (C=O) groups is 2. The lowest BCUT2D eigenvalue weighted by molar-refractivity contribution is -0.103. The second-order valence-corrected chi connectivity index (χ2v) is 4.43. The summed E-state index contributed by atoms with van der Waals surface area (Å²) in [5, 5.41) is 0. The normalized spacial score (nSPS) is 11.0. The smallest absolute Gasteiger partial charge is 0.338 e. The molecule has 2 aromatic rings. The molecule has 0 saturated carbocycles. The fraction of sp³-hybridized carbons (Fsp3) is 0.111. The summed E-state index contributed by atoms with van der Waals surface area (Å²) in [5.74, 6) is -0.385. The van der Waals surface area contributed by atoms with Gasteiger partial charge in [-0.25, -0.2) is 4.79 Å². The van der Waals surface area contributed by atoms with Crippen molar-refractivity contribution in [3.63, 3.8) is 0 Å². The van der Waals surface area contributed by atoms with Crippen molar-refractivity contribution in [3.05, 3.63) is 71.3 Å². The van der Waals surface area contributed by atoms with E-state index in [0.29, 0.717) is 23.3 Å². The minimum Gasteiger partial charge on any atom is -0.462 e. The Morgan fingerprint density at radius 1 is 1.05 bits per heavy atom. The first-order valence-corrected chi connectivity index (χ1v) is 6.74. The van der Waals surface area contributed by atoms with Gasteiger partial charge in [-0.05, 0) is 36.3 Å². The number of aldehydes is 1. The number of benzene rings is 2. The Balaban J connectivity index is 2.35. The van der Waals surface area contributed by atoms with E-state index in [0.717, 1.165) is 11.8 Å². The number of hydrogen-bond acceptors (Lipinski definition) is 3. The molecule has 0 spiro atoms. The van der Waals surface area contributed by atoms with E-state index in [4.69, 9.17) is 4.74 Å². The number of esters is 1. The summed E-state index contributed by atoms with van der Waals surface area (Å²) in [6, 6.07) is 16.4. The number of hydrogen-bond donors (Lipinski definition) is 0. The Labute approximate surface area is 123 Å². The zero-order valence-electron chi connectivity index (χ0n) is 11.8. The standard InChI is InChI=1S/C18H16O3/c1-2-21-18(20)16-10-6-9-15(12-16)17(13-19)11-14-7-4-3-5-8-14/h3-13H,2H2,1H3/b17-11+. The molecule has 106 valence electrons. The molecule has 0 aliphatic heterocycles. The number of rotatable bonds is 5. The van der Waals surface area contributed by atoms with Crippen molar-refractivity contribution in [3.8, 4) is 0 Å². The molecule has 0 N–H and O–H groups in total. The SMILES string of the molecule is CCOC(=O)c1cccc(/C(C=O)=C/c2ccccc2)c1. The van der Waals surface area contributed by atoms with E-state index in [1.807, 2.05) is 30.3 Å². The van der Waals surface area contributed by atoms with Crippen LogP contribution in [0.2, 0.25) is 0 Å². The second-order valence-electron chi connectivity index (χ2n) is 4.43. The molecule has 3 heteroatoms. The van der Waals surface area contributed by atoms with Crippen molar-refractivity contribution < 1.29 is 14.3 Å². The van der Waals surface area contributed by atoms with Crippen molar-refractivity contribution in [1.29, 1.82) is 0 Å². The lowest BCUT2D eigenvalue weighted by Crippen LogP contribution is -2.04. The van der Waals surface area contributed by atoms with Gasteiger partial charge in [-0.1, -0.05) is 42.5 Å². The van der Waals surface area contributed by atoms with E-state index >= 15 is 0 Å². The maximum absolute atomic E-state index is 11.7. The highest BCUT2D eigenvalue weighted by Crippen LogP contribution is 2.18. The van der Waals surface area contributed by atoms with Crippen LogP contribution in [0.3, 0.4) is 0 Å². The zero-order valence-corrected chi connectivity index (χ0v) is 11.8. The molecule has 0 saturated heterocycles. The summed E-state index contributed by atoms with van der Waals surface area (Å²) in [7, 11) is 0. The molecule has 2 rings (SSSR count). The molecule has 0 atom stereocenters. The molecule has 0 heterocycles. The van der Waals surface area contributed by atoms with Crippen molar-refractivity contribution in [1.82, 2.24) is 0 Å². The molecule has 0 radical (unpaired) electrons. The molecule has 2 aromatic carbocycles. The molecule has 0 amide bonds. The lowest BCUT2D eigenvalue weighted by Gasteiger charge is -2.05. The Morgan fingerprint density at radius 3 is 2.43 bits per heavy atom. The first-order valence-electron chi connectivity index (χ1n) is 6.74. The summed E-state index contributed by atoms with van der Waals surface area (Å²) < 4.78 is 4.97. The van der Waals surface area contributed by atoms with Gasteiger partial charge in [0.15, 0.2) is 6.29 Å². The highest BCUT2D eigenvalue weighted by atomic mass is 16.5. The van der Waals surface area contributed by atoms with Gasteiger partial charge >= 0.3 is 5.97 Å². The van der Waals surface area contributed by atoms with Crippen LogP contribution in [0.1, 0.15) is 28.4 Å². The Morgan fingerprint density at radius 2 is 1.76 bits per heavy atom. The predicted molar refractivity (Wildman–Crippen MR) is 82.8 cm³/mol. The molecule has 0 unspecified atom stereocenters. The van der Waals surface area contributed by atoms with Crippen molar-refractivity contribution in [2.24, 2.45) is 0 Å². The van der Waals surface area contributed by atoms with Gasteiger partial charge in [-0.2, -0.15) is 0 Å². The number of ether oxygens (including phenoxy) is 1. The molecule has 0 aromatic heterocycles. The van der Waals surface area contributed by atoms with Crippen molar-refractivity contribution >= 4 is 23.9 Å². The predicted octanol–water partition coefficient (Wildman–Crippen LogP) is 3.60. The monoisotopic (exact) mass is 280 g/mol. The van der Waals surface area contributed by atoms with Crippen LogP contribution in [-0.4, -0.2) is 18.9 Å². The molecule has 0 fully saturated rings. The average Bonchev–Trinajstić information content (AvgIpc) is 2.54. The van der Waals surface area contributed by atoms with Crippen LogP contribution in [0.4, 0.5) is 0 Å². The van der Waals surface area contributed by atoms with Gasteiger partial charge < -0.3 is 4.74 Å². The Kier molecular flexibility index (Phi) is 5.04. The Bertz CT molecular complexity index is 657. The summed E-state index contributed by atoms with van der Waals surface area (Å²) in [6.45, 7) is 2.08. The van der Waals surface area contributed by atoms with E-state index in [1.54, 1.807) is 37.3 Å². The van der Waals surface area contributed by atoms with Crippen LogP contribution in [0.5, 0.6) is 0 Å². The van der Waals surface area contributed by atoms with E-state index in [9.17, 15) is 9.59 Å². The Hall–Kier alpha value is -2.68. The van der Waals surface area contributed by atoms with Gasteiger partial charge in [-0.3, -0.25) is 4.79 Å². The summed E-state index contributed by atoms with van der Waals surface area (Å²) >= 11 is 0. The highest BCUT2D eigenvalue weighted by molar-refractivity contribution is 6.13. The number of carbonyl (C=O) groups excluding carboxylic acids is 2. The number of allylic oxidation sites excluding steroid dienone is 1. The minimum absolute atomic E-state index is 0.323. The highest BCUT2D eigenvalue weighted by Gasteiger charge is 2.08. The van der Waals surface area contributed by atoms with E-state index in [1.165, 1.54) is 0 Å². The first kappa shape index (κ1) is 14.7. The largest absolute Gasteiger partial charge is 0.462 e. The minimum atomic E-state index is -0.385. The van der Waals surface area contributed by atoms with E-state index in [-0.39, 0.29) is 5.97 Å². The summed E-state index contributed by atoms with van der Waals surface area (Å²) in [4.78, 5) is 23.1. The molecule has 0 aliphatic rings. The second kappa shape index (κ2) is 7.20. The molecular weight excluding hydrogens is 264 g/mol. The van der Waals surface area contributed by atoms with Crippen LogP contribution >= 0.6 is 0 Å². The van der Waals surface area contributed by atoms with Crippen LogP contribution < -0.4 is 0 Å². The average molecular weight is 280 g/mol. The maximum atomic E-state index is 11.7. The van der Waals surface area contributed by atoms with Crippen molar-refractivity contribution in [2.75, 3.05) is 6.61 Å². The quantitative estimate of drug-likeness (QED) is 0.364. The zero-order chi connectivity index (χ0) is 15.1. The summed E-state index contributed by atoms with van der Waals surface area (Å²) in [5.41, 5.74) is 2.59. The molecule has 21 heavy (non-hydrogen) atoms. The van der Waals surface area contributed by atoms with Gasteiger partial charge in [0, 0.05) is 5.57 Å².